The van der Waals surface area contributed by atoms with Crippen LogP contribution in [-0.4, -0.2) is 43.7 Å². The van der Waals surface area contributed by atoms with Crippen molar-refractivity contribution in [1.82, 2.24) is 15.3 Å². The first-order chi connectivity index (χ1) is 16.1. The molecule has 0 saturated heterocycles. The lowest BCUT2D eigenvalue weighted by Gasteiger charge is -2.21. The number of hydrogen-bond donors (Lipinski definition) is 1. The molecular formula is C26H34N4O3. The number of nitrogens with one attached hydrogen (secondary N) is 1. The number of aromatic nitrogens is 2. The second-order valence-electron chi connectivity index (χ2n) is 8.01. The Morgan fingerprint density at radius 3 is 2.42 bits per heavy atom. The van der Waals surface area contributed by atoms with Crippen LogP contribution in [-0.2, 0) is 16.1 Å². The predicted octanol–water partition coefficient (Wildman–Crippen LogP) is 5.01. The number of esters is 1. The molecule has 1 aromatic heterocycles. The standard InChI is InChI=1S/C26H34N4O3/c1-30(20-14-16-21(32-2)17-15-20)26-22-11-8-9-12-23(22)28-24(29-26)19-27-18-10-6-4-5-7-13-25(31)33-3/h8-9,11-12,14-17,27H,4-7,10,13,18-19H2,1-3H3. The topological polar surface area (TPSA) is 76.6 Å². The van der Waals surface area contributed by atoms with Gasteiger partial charge in [0, 0.05) is 24.5 Å². The minimum Gasteiger partial charge on any atom is -0.497 e. The molecule has 0 bridgehead atoms. The summed E-state index contributed by atoms with van der Waals surface area (Å²) in [6.07, 6.45) is 5.82. The van der Waals surface area contributed by atoms with Gasteiger partial charge in [0.25, 0.3) is 0 Å². The minimum absolute atomic E-state index is 0.121. The van der Waals surface area contributed by atoms with Crippen LogP contribution in [0.1, 0.15) is 44.3 Å². The molecule has 0 aliphatic carbocycles. The van der Waals surface area contributed by atoms with Crippen molar-refractivity contribution in [3.63, 3.8) is 0 Å². The molecule has 3 aromatic rings. The molecule has 176 valence electrons. The lowest BCUT2D eigenvalue weighted by Crippen LogP contribution is -2.19. The molecular weight excluding hydrogens is 416 g/mol. The van der Waals surface area contributed by atoms with E-state index in [0.29, 0.717) is 13.0 Å². The van der Waals surface area contributed by atoms with Gasteiger partial charge < -0.3 is 19.7 Å². The maximum atomic E-state index is 11.1. The van der Waals surface area contributed by atoms with Crippen LogP contribution in [0.3, 0.4) is 0 Å². The fourth-order valence-corrected chi connectivity index (χ4v) is 3.72. The van der Waals surface area contributed by atoms with E-state index < -0.39 is 0 Å². The van der Waals surface area contributed by atoms with Gasteiger partial charge in [-0.2, -0.15) is 0 Å². The monoisotopic (exact) mass is 450 g/mol. The molecule has 0 amide bonds. The fraction of sp³-hybridized carbons (Fsp3) is 0.423. The van der Waals surface area contributed by atoms with Crippen molar-refractivity contribution in [3.8, 4) is 5.75 Å². The first-order valence-electron chi connectivity index (χ1n) is 11.5. The van der Waals surface area contributed by atoms with Crippen molar-refractivity contribution in [2.45, 2.75) is 45.1 Å². The van der Waals surface area contributed by atoms with Crippen LogP contribution in [0, 0.1) is 0 Å². The van der Waals surface area contributed by atoms with E-state index in [9.17, 15) is 4.79 Å². The largest absolute Gasteiger partial charge is 0.497 e. The summed E-state index contributed by atoms with van der Waals surface area (Å²) in [6.45, 7) is 1.54. The van der Waals surface area contributed by atoms with Crippen LogP contribution in [0.5, 0.6) is 5.75 Å². The summed E-state index contributed by atoms with van der Waals surface area (Å²) in [4.78, 5) is 22.8. The SMILES string of the molecule is COC(=O)CCCCCCCNCc1nc(N(C)c2ccc(OC)cc2)c2ccccc2n1. The van der Waals surface area contributed by atoms with Crippen LogP contribution in [0.4, 0.5) is 11.5 Å². The third kappa shape index (κ3) is 7.15. The Kier molecular flexibility index (Phi) is 9.44. The van der Waals surface area contributed by atoms with Gasteiger partial charge in [0.1, 0.15) is 17.4 Å². The van der Waals surface area contributed by atoms with Crippen LogP contribution in [0.25, 0.3) is 10.9 Å². The number of hydrogen-bond acceptors (Lipinski definition) is 7. The first-order valence-corrected chi connectivity index (χ1v) is 11.5. The highest BCUT2D eigenvalue weighted by atomic mass is 16.5. The summed E-state index contributed by atoms with van der Waals surface area (Å²) >= 11 is 0. The second-order valence-corrected chi connectivity index (χ2v) is 8.01. The van der Waals surface area contributed by atoms with Crippen molar-refractivity contribution in [3.05, 3.63) is 54.4 Å². The van der Waals surface area contributed by atoms with E-state index in [4.69, 9.17) is 14.7 Å². The highest BCUT2D eigenvalue weighted by Gasteiger charge is 2.13. The summed E-state index contributed by atoms with van der Waals surface area (Å²) in [5, 5.41) is 4.49. The zero-order valence-corrected chi connectivity index (χ0v) is 19.8. The highest BCUT2D eigenvalue weighted by Crippen LogP contribution is 2.29. The van der Waals surface area contributed by atoms with Gasteiger partial charge in [0.15, 0.2) is 0 Å². The maximum Gasteiger partial charge on any atom is 0.305 e. The molecule has 0 saturated carbocycles. The summed E-state index contributed by atoms with van der Waals surface area (Å²) in [5.74, 6) is 2.37. The number of rotatable bonds is 13. The Bertz CT molecular complexity index is 1020. The Labute approximate surface area is 196 Å². The first kappa shape index (κ1) is 24.5. The Balaban J connectivity index is 1.56. The average Bonchev–Trinajstić information content (AvgIpc) is 2.86. The van der Waals surface area contributed by atoms with E-state index in [1.807, 2.05) is 49.5 Å². The number of benzene rings is 2. The Morgan fingerprint density at radius 1 is 0.939 bits per heavy atom. The minimum atomic E-state index is -0.121. The molecule has 0 radical (unpaired) electrons. The third-order valence-electron chi connectivity index (χ3n) is 5.65. The van der Waals surface area contributed by atoms with E-state index in [-0.39, 0.29) is 5.97 Å². The zero-order valence-electron chi connectivity index (χ0n) is 19.8. The number of anilines is 2. The molecule has 0 spiro atoms. The highest BCUT2D eigenvalue weighted by molar-refractivity contribution is 5.91. The van der Waals surface area contributed by atoms with E-state index in [1.165, 1.54) is 7.11 Å². The maximum absolute atomic E-state index is 11.1. The van der Waals surface area contributed by atoms with Crippen LogP contribution in [0.2, 0.25) is 0 Å². The lowest BCUT2D eigenvalue weighted by atomic mass is 10.1. The molecule has 7 nitrogen and oxygen atoms in total. The number of unbranched alkanes of at least 4 members (excludes halogenated alkanes) is 4. The normalized spacial score (nSPS) is 10.9. The van der Waals surface area contributed by atoms with Crippen molar-refractivity contribution in [2.75, 3.05) is 32.7 Å². The summed E-state index contributed by atoms with van der Waals surface area (Å²) < 4.78 is 9.95. The smallest absolute Gasteiger partial charge is 0.305 e. The fourth-order valence-electron chi connectivity index (χ4n) is 3.72. The molecule has 1 heterocycles. The third-order valence-corrected chi connectivity index (χ3v) is 5.65. The van der Waals surface area contributed by atoms with E-state index in [2.05, 4.69) is 21.0 Å². The molecule has 1 N–H and O–H groups in total. The number of carbonyl (C=O) groups is 1. The molecule has 3 rings (SSSR count). The molecule has 0 fully saturated rings. The van der Waals surface area contributed by atoms with Gasteiger partial charge in [-0.05, 0) is 55.8 Å². The summed E-state index contributed by atoms with van der Waals surface area (Å²) in [6, 6.07) is 16.1. The van der Waals surface area contributed by atoms with Crippen molar-refractivity contribution in [2.24, 2.45) is 0 Å². The van der Waals surface area contributed by atoms with Gasteiger partial charge in [0.05, 0.1) is 26.3 Å². The van der Waals surface area contributed by atoms with Crippen LogP contribution < -0.4 is 15.0 Å². The molecule has 0 unspecified atom stereocenters. The summed E-state index contributed by atoms with van der Waals surface area (Å²) in [5.41, 5.74) is 1.97. The van der Waals surface area contributed by atoms with Gasteiger partial charge in [-0.15, -0.1) is 0 Å². The van der Waals surface area contributed by atoms with E-state index in [1.54, 1.807) is 7.11 Å². The number of nitrogens with zero attached hydrogens (tertiary/aromatic N) is 3. The van der Waals surface area contributed by atoms with Gasteiger partial charge in [-0.25, -0.2) is 9.97 Å². The van der Waals surface area contributed by atoms with Gasteiger partial charge in [-0.3, -0.25) is 4.79 Å². The molecule has 33 heavy (non-hydrogen) atoms. The van der Waals surface area contributed by atoms with Gasteiger partial charge in [0.2, 0.25) is 0 Å². The van der Waals surface area contributed by atoms with Crippen molar-refractivity contribution >= 4 is 28.4 Å². The second kappa shape index (κ2) is 12.7. The quantitative estimate of drug-likeness (QED) is 0.290. The number of carbonyl (C=O) groups excluding carboxylic acids is 1. The van der Waals surface area contributed by atoms with Crippen molar-refractivity contribution in [1.29, 1.82) is 0 Å². The Morgan fingerprint density at radius 2 is 1.67 bits per heavy atom. The Hall–Kier alpha value is -3.19. The molecule has 0 aliphatic rings. The molecule has 0 aliphatic heterocycles. The summed E-state index contributed by atoms with van der Waals surface area (Å²) in [7, 11) is 5.13. The van der Waals surface area contributed by atoms with E-state index in [0.717, 1.165) is 72.6 Å². The molecule has 2 aromatic carbocycles. The van der Waals surface area contributed by atoms with Crippen LogP contribution in [0.15, 0.2) is 48.5 Å². The van der Waals surface area contributed by atoms with Crippen LogP contribution >= 0.6 is 0 Å². The predicted molar refractivity (Wildman–Crippen MR) is 132 cm³/mol. The molecule has 0 atom stereocenters. The van der Waals surface area contributed by atoms with Crippen molar-refractivity contribution < 1.29 is 14.3 Å². The van der Waals surface area contributed by atoms with Gasteiger partial charge in [-0.1, -0.05) is 31.4 Å². The average molecular weight is 451 g/mol. The zero-order chi connectivity index (χ0) is 23.5. The number of methoxy groups -OCH3 is 2. The lowest BCUT2D eigenvalue weighted by molar-refractivity contribution is -0.140. The number of para-hydroxylation sites is 1. The van der Waals surface area contributed by atoms with E-state index >= 15 is 0 Å². The van der Waals surface area contributed by atoms with Gasteiger partial charge >= 0.3 is 5.97 Å². The number of ether oxygens (including phenoxy) is 2. The number of fused-ring (bicyclic) bond motifs is 1. The molecule has 7 heteroatoms.